The summed E-state index contributed by atoms with van der Waals surface area (Å²) in [5.41, 5.74) is 0.431. The molecule has 26 heavy (non-hydrogen) atoms. The normalized spacial score (nSPS) is 10.9. The van der Waals surface area contributed by atoms with Gasteiger partial charge in [-0.05, 0) is 37.6 Å². The lowest BCUT2D eigenvalue weighted by atomic mass is 10.2. The number of hydrogen-bond donors (Lipinski definition) is 0. The minimum atomic E-state index is -0.420. The van der Waals surface area contributed by atoms with Crippen LogP contribution >= 0.6 is 27.3 Å². The second-order valence-electron chi connectivity index (χ2n) is 5.51. The van der Waals surface area contributed by atoms with Crippen LogP contribution in [-0.4, -0.2) is 28.7 Å². The van der Waals surface area contributed by atoms with Crippen LogP contribution in [0.5, 0.6) is 5.75 Å². The first-order chi connectivity index (χ1) is 12.5. The molecule has 0 N–H and O–H groups in total. The van der Waals surface area contributed by atoms with Gasteiger partial charge in [0.2, 0.25) is 0 Å². The number of ether oxygens (including phenoxy) is 2. The first-order valence-corrected chi connectivity index (χ1v) is 9.66. The van der Waals surface area contributed by atoms with E-state index in [9.17, 15) is 9.59 Å². The number of fused-ring (bicyclic) bond motifs is 1. The van der Waals surface area contributed by atoms with Crippen LogP contribution in [0, 0.1) is 6.92 Å². The van der Waals surface area contributed by atoms with Crippen molar-refractivity contribution in [1.82, 2.24) is 9.55 Å². The highest BCUT2D eigenvalue weighted by Gasteiger charge is 2.20. The topological polar surface area (TPSA) is 70.4 Å². The fourth-order valence-corrected chi connectivity index (χ4v) is 3.94. The lowest BCUT2D eigenvalue weighted by Gasteiger charge is -2.08. The fraction of sp³-hybridized carbons (Fsp3) is 0.278. The SMILES string of the molecule is CCOC(=O)c1sc2ncn(CCOc3cccc(Br)c3)c(=O)c2c1C. The predicted molar refractivity (Wildman–Crippen MR) is 104 cm³/mol. The van der Waals surface area contributed by atoms with Gasteiger partial charge in [0, 0.05) is 4.47 Å². The molecule has 0 bridgehead atoms. The van der Waals surface area contributed by atoms with Crippen LogP contribution in [0.4, 0.5) is 0 Å². The number of hydrogen-bond acceptors (Lipinski definition) is 6. The molecule has 3 rings (SSSR count). The van der Waals surface area contributed by atoms with Gasteiger partial charge in [-0.25, -0.2) is 9.78 Å². The van der Waals surface area contributed by atoms with Gasteiger partial charge in [-0.3, -0.25) is 9.36 Å². The van der Waals surface area contributed by atoms with Gasteiger partial charge >= 0.3 is 5.97 Å². The van der Waals surface area contributed by atoms with Crippen molar-refractivity contribution in [2.75, 3.05) is 13.2 Å². The van der Waals surface area contributed by atoms with E-state index in [0.717, 1.165) is 10.2 Å². The molecule has 6 nitrogen and oxygen atoms in total. The number of carbonyl (C=O) groups is 1. The molecule has 0 atom stereocenters. The summed E-state index contributed by atoms with van der Waals surface area (Å²) >= 11 is 4.57. The molecule has 0 spiro atoms. The highest BCUT2D eigenvalue weighted by atomic mass is 79.9. The van der Waals surface area contributed by atoms with Crippen LogP contribution in [0.3, 0.4) is 0 Å². The van der Waals surface area contributed by atoms with Crippen LogP contribution in [0.25, 0.3) is 10.2 Å². The van der Waals surface area contributed by atoms with Gasteiger partial charge < -0.3 is 9.47 Å². The third-order valence-electron chi connectivity index (χ3n) is 3.78. The number of aromatic nitrogens is 2. The average molecular weight is 437 g/mol. The number of nitrogens with zero attached hydrogens (tertiary/aromatic N) is 2. The second kappa shape index (κ2) is 8.01. The van der Waals surface area contributed by atoms with Gasteiger partial charge in [0.1, 0.15) is 22.1 Å². The van der Waals surface area contributed by atoms with E-state index in [1.807, 2.05) is 24.3 Å². The van der Waals surface area contributed by atoms with Crippen LogP contribution < -0.4 is 10.3 Å². The second-order valence-corrected chi connectivity index (χ2v) is 7.42. The lowest BCUT2D eigenvalue weighted by molar-refractivity contribution is 0.0531. The van der Waals surface area contributed by atoms with Crippen LogP contribution in [0.15, 0.2) is 39.9 Å². The molecule has 2 aromatic heterocycles. The first-order valence-electron chi connectivity index (χ1n) is 8.05. The standard InChI is InChI=1S/C18H17BrN2O4S/c1-3-24-18(23)15-11(2)14-16(26-15)20-10-21(17(14)22)7-8-25-13-6-4-5-12(19)9-13/h4-6,9-10H,3,7-8H2,1-2H3. The van der Waals surface area contributed by atoms with E-state index in [0.29, 0.717) is 33.8 Å². The molecule has 136 valence electrons. The zero-order valence-electron chi connectivity index (χ0n) is 14.3. The molecule has 1 aromatic carbocycles. The molecule has 3 aromatic rings. The van der Waals surface area contributed by atoms with Crippen molar-refractivity contribution in [3.63, 3.8) is 0 Å². The van der Waals surface area contributed by atoms with Gasteiger partial charge in [-0.15, -0.1) is 11.3 Å². The number of benzene rings is 1. The molecule has 0 radical (unpaired) electrons. The first kappa shape index (κ1) is 18.6. The molecule has 0 amide bonds. The summed E-state index contributed by atoms with van der Waals surface area (Å²) in [6, 6.07) is 7.50. The number of thiophene rings is 1. The number of halogens is 1. The maximum Gasteiger partial charge on any atom is 0.348 e. The summed E-state index contributed by atoms with van der Waals surface area (Å²) in [7, 11) is 0. The van der Waals surface area contributed by atoms with Crippen molar-refractivity contribution >= 4 is 43.5 Å². The van der Waals surface area contributed by atoms with E-state index in [1.54, 1.807) is 13.8 Å². The van der Waals surface area contributed by atoms with Gasteiger partial charge in [0.15, 0.2) is 0 Å². The predicted octanol–water partition coefficient (Wildman–Crippen LogP) is 3.78. The summed E-state index contributed by atoms with van der Waals surface area (Å²) in [6.45, 7) is 4.47. The highest BCUT2D eigenvalue weighted by Crippen LogP contribution is 2.27. The zero-order chi connectivity index (χ0) is 18.7. The molecule has 0 saturated carbocycles. The van der Waals surface area contributed by atoms with Gasteiger partial charge in [-0.1, -0.05) is 22.0 Å². The zero-order valence-corrected chi connectivity index (χ0v) is 16.7. The summed E-state index contributed by atoms with van der Waals surface area (Å²) in [6.07, 6.45) is 1.49. The Morgan fingerprint density at radius 1 is 1.38 bits per heavy atom. The molecule has 8 heteroatoms. The maximum atomic E-state index is 12.8. The van der Waals surface area contributed by atoms with E-state index in [4.69, 9.17) is 9.47 Å². The number of aryl methyl sites for hydroxylation is 1. The number of esters is 1. The molecule has 0 fully saturated rings. The molecular weight excluding hydrogens is 420 g/mol. The smallest absolute Gasteiger partial charge is 0.348 e. The van der Waals surface area contributed by atoms with Gasteiger partial charge in [0.05, 0.1) is 24.9 Å². The van der Waals surface area contributed by atoms with Crippen LogP contribution in [0.2, 0.25) is 0 Å². The third kappa shape index (κ3) is 3.81. The highest BCUT2D eigenvalue weighted by molar-refractivity contribution is 9.10. The Hall–Kier alpha value is -2.19. The largest absolute Gasteiger partial charge is 0.492 e. The van der Waals surface area contributed by atoms with Crippen molar-refractivity contribution in [3.05, 3.63) is 55.9 Å². The van der Waals surface area contributed by atoms with Crippen molar-refractivity contribution in [1.29, 1.82) is 0 Å². The molecule has 0 saturated heterocycles. The summed E-state index contributed by atoms with van der Waals surface area (Å²) < 4.78 is 13.1. The Balaban J connectivity index is 1.81. The summed E-state index contributed by atoms with van der Waals surface area (Å²) in [4.78, 5) is 30.1. The quantitative estimate of drug-likeness (QED) is 0.549. The van der Waals surface area contributed by atoms with Crippen molar-refractivity contribution in [2.45, 2.75) is 20.4 Å². The van der Waals surface area contributed by atoms with E-state index in [1.165, 1.54) is 22.2 Å². The Bertz CT molecular complexity index is 1010. The number of rotatable bonds is 6. The summed E-state index contributed by atoms with van der Waals surface area (Å²) in [5, 5.41) is 0.461. The fourth-order valence-electron chi connectivity index (χ4n) is 2.53. The lowest BCUT2D eigenvalue weighted by Crippen LogP contribution is -2.23. The molecule has 0 aliphatic carbocycles. The molecule has 0 aliphatic rings. The van der Waals surface area contributed by atoms with Crippen LogP contribution in [-0.2, 0) is 11.3 Å². The monoisotopic (exact) mass is 436 g/mol. The molecule has 0 aliphatic heterocycles. The summed E-state index contributed by atoms with van der Waals surface area (Å²) in [5.74, 6) is 0.301. The Morgan fingerprint density at radius 2 is 2.19 bits per heavy atom. The van der Waals surface area contributed by atoms with Gasteiger partial charge in [-0.2, -0.15) is 0 Å². The molecule has 2 heterocycles. The van der Waals surface area contributed by atoms with E-state index in [2.05, 4.69) is 20.9 Å². The van der Waals surface area contributed by atoms with Crippen molar-refractivity contribution in [2.24, 2.45) is 0 Å². The third-order valence-corrected chi connectivity index (χ3v) is 5.45. The average Bonchev–Trinajstić information content (AvgIpc) is 2.95. The minimum absolute atomic E-state index is 0.183. The Morgan fingerprint density at radius 3 is 2.92 bits per heavy atom. The van der Waals surface area contributed by atoms with E-state index < -0.39 is 5.97 Å². The Labute approximate surface area is 162 Å². The molecule has 0 unspecified atom stereocenters. The van der Waals surface area contributed by atoms with E-state index in [-0.39, 0.29) is 12.2 Å². The maximum absolute atomic E-state index is 12.8. The molecular formula is C18H17BrN2O4S. The van der Waals surface area contributed by atoms with E-state index >= 15 is 0 Å². The van der Waals surface area contributed by atoms with Crippen molar-refractivity contribution in [3.8, 4) is 5.75 Å². The van der Waals surface area contributed by atoms with Gasteiger partial charge in [0.25, 0.3) is 5.56 Å². The Kier molecular flexibility index (Phi) is 5.73. The van der Waals surface area contributed by atoms with Crippen LogP contribution in [0.1, 0.15) is 22.2 Å². The number of carbonyl (C=O) groups excluding carboxylic acids is 1. The van der Waals surface area contributed by atoms with Crippen molar-refractivity contribution < 1.29 is 14.3 Å². The minimum Gasteiger partial charge on any atom is -0.492 e.